The molecule has 2 aromatic rings. The second-order valence-corrected chi connectivity index (χ2v) is 7.79. The van der Waals surface area contributed by atoms with Gasteiger partial charge in [0, 0.05) is 0 Å². The van der Waals surface area contributed by atoms with Crippen molar-refractivity contribution in [3.05, 3.63) is 70.8 Å². The van der Waals surface area contributed by atoms with Gasteiger partial charge in [-0.1, -0.05) is 48.5 Å². The van der Waals surface area contributed by atoms with Gasteiger partial charge in [0.25, 0.3) is 0 Å². The fourth-order valence-corrected chi connectivity index (χ4v) is 4.82. The topological polar surface area (TPSA) is 83.8 Å². The Labute approximate surface area is 186 Å². The second-order valence-electron chi connectivity index (χ2n) is 7.79. The number of hydrogen-bond acceptors (Lipinski definition) is 8. The molecule has 0 N–H and O–H groups in total. The minimum atomic E-state index is -0.783. The molecule has 5 rings (SSSR count). The molecule has 164 valence electrons. The predicted octanol–water partition coefficient (Wildman–Crippen LogP) is 2.65. The summed E-state index contributed by atoms with van der Waals surface area (Å²) in [6.45, 7) is 4.04. The van der Waals surface area contributed by atoms with Crippen molar-refractivity contribution in [3.63, 3.8) is 0 Å². The summed E-state index contributed by atoms with van der Waals surface area (Å²) in [4.78, 5) is 26.6. The number of benzene rings is 2. The van der Waals surface area contributed by atoms with Gasteiger partial charge in [-0.25, -0.2) is 9.59 Å². The van der Waals surface area contributed by atoms with Crippen LogP contribution in [0.1, 0.15) is 48.2 Å². The van der Waals surface area contributed by atoms with E-state index in [0.717, 1.165) is 22.3 Å². The van der Waals surface area contributed by atoms with Crippen LogP contribution in [-0.2, 0) is 19.1 Å². The second kappa shape index (κ2) is 8.11. The highest BCUT2D eigenvalue weighted by Crippen LogP contribution is 2.48. The number of ether oxygens (including phenoxy) is 2. The van der Waals surface area contributed by atoms with Gasteiger partial charge in [-0.2, -0.15) is 10.2 Å². The minimum absolute atomic E-state index is 0.243. The first-order valence-electron chi connectivity index (χ1n) is 10.8. The quantitative estimate of drug-likeness (QED) is 0.691. The minimum Gasteiger partial charge on any atom is -0.464 e. The summed E-state index contributed by atoms with van der Waals surface area (Å²) in [5, 5.41) is 12.7. The lowest BCUT2D eigenvalue weighted by molar-refractivity contribution is -0.175. The Morgan fingerprint density at radius 1 is 0.750 bits per heavy atom. The van der Waals surface area contributed by atoms with Gasteiger partial charge in [0.1, 0.15) is 12.1 Å². The number of carbonyl (C=O) groups is 2. The third kappa shape index (κ3) is 3.05. The van der Waals surface area contributed by atoms with Crippen LogP contribution in [0.15, 0.2) is 58.7 Å². The Hall–Kier alpha value is -3.68. The lowest BCUT2D eigenvalue weighted by atomic mass is 9.83. The normalized spacial score (nSPS) is 24.7. The maximum absolute atomic E-state index is 13.3. The van der Waals surface area contributed by atoms with Gasteiger partial charge >= 0.3 is 11.9 Å². The highest BCUT2D eigenvalue weighted by Gasteiger charge is 2.57. The van der Waals surface area contributed by atoms with E-state index in [0.29, 0.717) is 0 Å². The van der Waals surface area contributed by atoms with E-state index < -0.39 is 36.1 Å². The molecule has 8 heteroatoms. The standard InChI is InChI=1S/C24H24N4O4/c1-3-31-23(29)21-19-17-11-7-5-9-15(17)14-26-28(19)22(24(30)32-4-2)20-18-12-8-6-10-16(18)13-25-27(20)21/h5-14,19-22H,3-4H2,1-2H3/t19-,20+,21+,22-. The molecule has 3 aliphatic rings. The van der Waals surface area contributed by atoms with E-state index in [-0.39, 0.29) is 13.2 Å². The van der Waals surface area contributed by atoms with Crippen LogP contribution in [0.4, 0.5) is 0 Å². The lowest BCUT2D eigenvalue weighted by Gasteiger charge is -2.53. The van der Waals surface area contributed by atoms with Crippen LogP contribution in [-0.4, -0.2) is 59.7 Å². The van der Waals surface area contributed by atoms with E-state index in [4.69, 9.17) is 9.47 Å². The summed E-state index contributed by atoms with van der Waals surface area (Å²) >= 11 is 0. The summed E-state index contributed by atoms with van der Waals surface area (Å²) in [7, 11) is 0. The maximum Gasteiger partial charge on any atom is 0.333 e. The van der Waals surface area contributed by atoms with Crippen LogP contribution in [0.3, 0.4) is 0 Å². The molecule has 1 saturated heterocycles. The molecule has 2 aromatic carbocycles. The molecule has 8 nitrogen and oxygen atoms in total. The Morgan fingerprint density at radius 3 is 1.56 bits per heavy atom. The first-order valence-corrected chi connectivity index (χ1v) is 10.8. The summed E-state index contributed by atoms with van der Waals surface area (Å²) in [5.41, 5.74) is 3.57. The summed E-state index contributed by atoms with van der Waals surface area (Å²) < 4.78 is 11.0. The Kier molecular flexibility index (Phi) is 5.13. The molecule has 0 radical (unpaired) electrons. The third-order valence-electron chi connectivity index (χ3n) is 6.08. The van der Waals surface area contributed by atoms with Crippen LogP contribution in [0.5, 0.6) is 0 Å². The van der Waals surface area contributed by atoms with Gasteiger partial charge in [-0.3, -0.25) is 10.0 Å². The first-order chi connectivity index (χ1) is 15.7. The number of rotatable bonds is 4. The van der Waals surface area contributed by atoms with E-state index in [1.165, 1.54) is 0 Å². The molecule has 0 unspecified atom stereocenters. The van der Waals surface area contributed by atoms with Gasteiger partial charge < -0.3 is 9.47 Å². The maximum atomic E-state index is 13.3. The zero-order chi connectivity index (χ0) is 22.2. The number of hydrogen-bond donors (Lipinski definition) is 0. The zero-order valence-electron chi connectivity index (χ0n) is 17.9. The molecule has 0 bridgehead atoms. The molecule has 0 aromatic heterocycles. The van der Waals surface area contributed by atoms with Crippen LogP contribution in [0, 0.1) is 0 Å². The Morgan fingerprint density at radius 2 is 1.16 bits per heavy atom. The molecule has 1 fully saturated rings. The average molecular weight is 432 g/mol. The lowest BCUT2D eigenvalue weighted by Crippen LogP contribution is -2.64. The van der Waals surface area contributed by atoms with E-state index in [1.54, 1.807) is 36.3 Å². The molecule has 0 spiro atoms. The van der Waals surface area contributed by atoms with Gasteiger partial charge in [0.05, 0.1) is 25.6 Å². The summed E-state index contributed by atoms with van der Waals surface area (Å²) in [5.74, 6) is -0.809. The van der Waals surface area contributed by atoms with Crippen molar-refractivity contribution < 1.29 is 19.1 Å². The monoisotopic (exact) mass is 432 g/mol. The van der Waals surface area contributed by atoms with Crippen LogP contribution in [0.2, 0.25) is 0 Å². The van der Waals surface area contributed by atoms with Crippen molar-refractivity contribution in [2.75, 3.05) is 13.2 Å². The van der Waals surface area contributed by atoms with Gasteiger partial charge in [-0.15, -0.1) is 0 Å². The number of fused-ring (bicyclic) bond motifs is 6. The fourth-order valence-electron chi connectivity index (χ4n) is 4.82. The number of piperazine rings is 1. The molecule has 0 amide bonds. The Balaban J connectivity index is 1.72. The van der Waals surface area contributed by atoms with Crippen LogP contribution in [0.25, 0.3) is 0 Å². The van der Waals surface area contributed by atoms with E-state index in [2.05, 4.69) is 10.2 Å². The van der Waals surface area contributed by atoms with Crippen molar-refractivity contribution in [1.29, 1.82) is 0 Å². The van der Waals surface area contributed by atoms with Crippen molar-refractivity contribution >= 4 is 24.4 Å². The molecular formula is C24H24N4O4. The van der Waals surface area contributed by atoms with Gasteiger partial charge in [0.2, 0.25) is 0 Å². The van der Waals surface area contributed by atoms with Crippen molar-refractivity contribution in [2.24, 2.45) is 10.2 Å². The third-order valence-corrected chi connectivity index (χ3v) is 6.08. The van der Waals surface area contributed by atoms with Gasteiger partial charge in [0.15, 0.2) is 12.1 Å². The highest BCUT2D eigenvalue weighted by molar-refractivity contribution is 5.89. The van der Waals surface area contributed by atoms with E-state index in [1.807, 2.05) is 48.5 Å². The molecule has 3 aliphatic heterocycles. The molecular weight excluding hydrogens is 408 g/mol. The number of hydrazone groups is 2. The van der Waals surface area contributed by atoms with Crippen molar-refractivity contribution in [3.8, 4) is 0 Å². The molecule has 32 heavy (non-hydrogen) atoms. The molecule has 3 heterocycles. The van der Waals surface area contributed by atoms with Crippen molar-refractivity contribution in [2.45, 2.75) is 38.0 Å². The fraction of sp³-hybridized carbons (Fsp3) is 0.333. The van der Waals surface area contributed by atoms with Crippen LogP contribution < -0.4 is 0 Å². The SMILES string of the molecule is CCOC(=O)[C@@H]1[C@H]2c3ccccc3C=NN2[C@@H](C(=O)OCC)[C@@H]2c3ccccc3C=NN12. The number of carbonyl (C=O) groups excluding carboxylic acids is 2. The summed E-state index contributed by atoms with van der Waals surface area (Å²) in [6, 6.07) is 12.8. The molecule has 0 aliphatic carbocycles. The highest BCUT2D eigenvalue weighted by atomic mass is 16.5. The van der Waals surface area contributed by atoms with Gasteiger partial charge in [-0.05, 0) is 36.1 Å². The van der Waals surface area contributed by atoms with Crippen LogP contribution >= 0.6 is 0 Å². The van der Waals surface area contributed by atoms with Crippen molar-refractivity contribution in [1.82, 2.24) is 10.0 Å². The number of esters is 2. The Bertz CT molecular complexity index is 1030. The number of nitrogens with zero attached hydrogens (tertiary/aromatic N) is 4. The first kappa shape index (κ1) is 20.2. The average Bonchev–Trinajstić information content (AvgIpc) is 2.82. The van der Waals surface area contributed by atoms with E-state index in [9.17, 15) is 9.59 Å². The molecule has 0 saturated carbocycles. The summed E-state index contributed by atoms with van der Waals surface area (Å²) in [6.07, 6.45) is 3.46. The largest absolute Gasteiger partial charge is 0.464 e. The molecule has 4 atom stereocenters. The predicted molar refractivity (Wildman–Crippen MR) is 118 cm³/mol. The van der Waals surface area contributed by atoms with E-state index >= 15 is 0 Å². The smallest absolute Gasteiger partial charge is 0.333 e. The zero-order valence-corrected chi connectivity index (χ0v) is 17.9.